The molecule has 0 bridgehead atoms. The number of aliphatic hydroxyl groups excluding tert-OH is 1. The summed E-state index contributed by atoms with van der Waals surface area (Å²) in [7, 11) is 0. The molecule has 1 aliphatic rings. The summed E-state index contributed by atoms with van der Waals surface area (Å²) in [6.07, 6.45) is 4.95. The van der Waals surface area contributed by atoms with E-state index in [0.29, 0.717) is 5.02 Å². The third-order valence-corrected chi connectivity index (χ3v) is 2.73. The molecular weight excluding hydrogens is 200 g/mol. The SMILES string of the molecule is OC1CCN(c2cncc(Cl)c2)CC1. The third-order valence-electron chi connectivity index (χ3n) is 2.52. The smallest absolute Gasteiger partial charge is 0.0609 e. The van der Waals surface area contributed by atoms with E-state index in [4.69, 9.17) is 11.6 Å². The Balaban J connectivity index is 2.08. The van der Waals surface area contributed by atoms with Crippen LogP contribution in [0.2, 0.25) is 5.02 Å². The molecule has 2 rings (SSSR count). The quantitative estimate of drug-likeness (QED) is 0.770. The van der Waals surface area contributed by atoms with E-state index in [1.807, 2.05) is 12.3 Å². The van der Waals surface area contributed by atoms with Crippen LogP contribution >= 0.6 is 11.6 Å². The van der Waals surface area contributed by atoms with Crippen molar-refractivity contribution in [3.63, 3.8) is 0 Å². The second-order valence-electron chi connectivity index (χ2n) is 3.58. The van der Waals surface area contributed by atoms with Crippen LogP contribution in [-0.4, -0.2) is 29.3 Å². The summed E-state index contributed by atoms with van der Waals surface area (Å²) < 4.78 is 0. The van der Waals surface area contributed by atoms with Gasteiger partial charge in [0, 0.05) is 19.3 Å². The van der Waals surface area contributed by atoms with Gasteiger partial charge < -0.3 is 10.0 Å². The summed E-state index contributed by atoms with van der Waals surface area (Å²) in [6, 6.07) is 1.91. The maximum absolute atomic E-state index is 9.36. The summed E-state index contributed by atoms with van der Waals surface area (Å²) in [5, 5.41) is 10.0. The molecule has 3 nitrogen and oxygen atoms in total. The van der Waals surface area contributed by atoms with Crippen molar-refractivity contribution in [2.75, 3.05) is 18.0 Å². The third kappa shape index (κ3) is 2.16. The number of piperidine rings is 1. The maximum atomic E-state index is 9.36. The predicted molar refractivity (Wildman–Crippen MR) is 56.7 cm³/mol. The highest BCUT2D eigenvalue weighted by atomic mass is 35.5. The molecule has 0 aliphatic carbocycles. The van der Waals surface area contributed by atoms with Crippen LogP contribution in [0.25, 0.3) is 0 Å². The van der Waals surface area contributed by atoms with E-state index in [2.05, 4.69) is 9.88 Å². The minimum atomic E-state index is -0.140. The van der Waals surface area contributed by atoms with Crippen LogP contribution in [0.5, 0.6) is 0 Å². The number of anilines is 1. The van der Waals surface area contributed by atoms with Crippen molar-refractivity contribution in [3.8, 4) is 0 Å². The lowest BCUT2D eigenvalue weighted by atomic mass is 10.1. The zero-order valence-electron chi connectivity index (χ0n) is 7.86. The van der Waals surface area contributed by atoms with Crippen LogP contribution in [0, 0.1) is 0 Å². The van der Waals surface area contributed by atoms with Crippen LogP contribution in [-0.2, 0) is 0 Å². The lowest BCUT2D eigenvalue weighted by molar-refractivity contribution is 0.145. The predicted octanol–water partition coefficient (Wildman–Crippen LogP) is 1.70. The Morgan fingerprint density at radius 2 is 2.07 bits per heavy atom. The fourth-order valence-electron chi connectivity index (χ4n) is 1.70. The van der Waals surface area contributed by atoms with Gasteiger partial charge in [-0.2, -0.15) is 0 Å². The normalized spacial score (nSPS) is 18.6. The van der Waals surface area contributed by atoms with Crippen molar-refractivity contribution >= 4 is 17.3 Å². The molecule has 1 aromatic heterocycles. The van der Waals surface area contributed by atoms with E-state index in [1.165, 1.54) is 0 Å². The second-order valence-corrected chi connectivity index (χ2v) is 4.02. The minimum Gasteiger partial charge on any atom is -0.393 e. The minimum absolute atomic E-state index is 0.140. The van der Waals surface area contributed by atoms with E-state index in [1.54, 1.807) is 6.20 Å². The number of hydrogen-bond acceptors (Lipinski definition) is 3. The molecule has 0 saturated carbocycles. The van der Waals surface area contributed by atoms with Crippen molar-refractivity contribution in [1.82, 2.24) is 4.98 Å². The molecule has 0 amide bonds. The van der Waals surface area contributed by atoms with E-state index in [0.717, 1.165) is 31.6 Å². The molecule has 1 aliphatic heterocycles. The number of aliphatic hydroxyl groups is 1. The Labute approximate surface area is 88.3 Å². The highest BCUT2D eigenvalue weighted by Crippen LogP contribution is 2.21. The molecule has 0 unspecified atom stereocenters. The number of halogens is 1. The van der Waals surface area contributed by atoms with Crippen molar-refractivity contribution < 1.29 is 5.11 Å². The van der Waals surface area contributed by atoms with E-state index >= 15 is 0 Å². The lowest BCUT2D eigenvalue weighted by Gasteiger charge is -2.31. The van der Waals surface area contributed by atoms with Gasteiger partial charge in [0.15, 0.2) is 0 Å². The second kappa shape index (κ2) is 4.15. The highest BCUT2D eigenvalue weighted by Gasteiger charge is 2.17. The summed E-state index contributed by atoms with van der Waals surface area (Å²) in [5.74, 6) is 0. The molecule has 2 heterocycles. The van der Waals surface area contributed by atoms with Gasteiger partial charge >= 0.3 is 0 Å². The van der Waals surface area contributed by atoms with Crippen LogP contribution in [0.4, 0.5) is 5.69 Å². The lowest BCUT2D eigenvalue weighted by Crippen LogP contribution is -2.35. The van der Waals surface area contributed by atoms with Crippen LogP contribution in [0.1, 0.15) is 12.8 Å². The Bertz CT molecular complexity index is 311. The number of aromatic nitrogens is 1. The first-order valence-corrected chi connectivity index (χ1v) is 5.17. The highest BCUT2D eigenvalue weighted by molar-refractivity contribution is 6.30. The number of rotatable bonds is 1. The fraction of sp³-hybridized carbons (Fsp3) is 0.500. The number of hydrogen-bond donors (Lipinski definition) is 1. The van der Waals surface area contributed by atoms with Gasteiger partial charge in [-0.3, -0.25) is 4.98 Å². The standard InChI is InChI=1S/C10H13ClN2O/c11-8-5-9(7-12-6-8)13-3-1-10(14)2-4-13/h5-7,10,14H,1-4H2. The molecule has 1 saturated heterocycles. The van der Waals surface area contributed by atoms with Crippen molar-refractivity contribution in [2.24, 2.45) is 0 Å². The van der Waals surface area contributed by atoms with Crippen LogP contribution in [0.15, 0.2) is 18.5 Å². The molecule has 1 fully saturated rings. The van der Waals surface area contributed by atoms with Gasteiger partial charge in [0.05, 0.1) is 23.0 Å². The van der Waals surface area contributed by atoms with Gasteiger partial charge in [-0.05, 0) is 18.9 Å². The first kappa shape index (κ1) is 9.74. The summed E-state index contributed by atoms with van der Waals surface area (Å²) in [5.41, 5.74) is 1.05. The summed E-state index contributed by atoms with van der Waals surface area (Å²) >= 11 is 5.85. The number of pyridine rings is 1. The first-order valence-electron chi connectivity index (χ1n) is 4.79. The Morgan fingerprint density at radius 3 is 2.71 bits per heavy atom. The summed E-state index contributed by atoms with van der Waals surface area (Å²) in [4.78, 5) is 6.24. The fourth-order valence-corrected chi connectivity index (χ4v) is 1.87. The van der Waals surface area contributed by atoms with Crippen LogP contribution in [0.3, 0.4) is 0 Å². The topological polar surface area (TPSA) is 36.4 Å². The molecule has 1 N–H and O–H groups in total. The van der Waals surface area contributed by atoms with Gasteiger partial charge in [0.25, 0.3) is 0 Å². The summed E-state index contributed by atoms with van der Waals surface area (Å²) in [6.45, 7) is 1.76. The molecule has 0 spiro atoms. The van der Waals surface area contributed by atoms with Gasteiger partial charge in [-0.25, -0.2) is 0 Å². The van der Waals surface area contributed by atoms with Gasteiger partial charge in [-0.1, -0.05) is 11.6 Å². The Kier molecular flexibility index (Phi) is 2.89. The maximum Gasteiger partial charge on any atom is 0.0609 e. The molecule has 0 aromatic carbocycles. The first-order chi connectivity index (χ1) is 6.75. The molecular formula is C10H13ClN2O. The molecule has 1 aromatic rings. The van der Waals surface area contributed by atoms with E-state index in [-0.39, 0.29) is 6.10 Å². The van der Waals surface area contributed by atoms with Gasteiger partial charge in [-0.15, -0.1) is 0 Å². The van der Waals surface area contributed by atoms with Crippen molar-refractivity contribution in [3.05, 3.63) is 23.5 Å². The average molecular weight is 213 g/mol. The zero-order chi connectivity index (χ0) is 9.97. The largest absolute Gasteiger partial charge is 0.393 e. The van der Waals surface area contributed by atoms with Gasteiger partial charge in [0.2, 0.25) is 0 Å². The number of nitrogens with zero attached hydrogens (tertiary/aromatic N) is 2. The zero-order valence-corrected chi connectivity index (χ0v) is 8.61. The Hall–Kier alpha value is -0.800. The molecule has 14 heavy (non-hydrogen) atoms. The van der Waals surface area contributed by atoms with E-state index in [9.17, 15) is 5.11 Å². The van der Waals surface area contributed by atoms with E-state index < -0.39 is 0 Å². The van der Waals surface area contributed by atoms with Gasteiger partial charge in [0.1, 0.15) is 0 Å². The monoisotopic (exact) mass is 212 g/mol. The average Bonchev–Trinajstić information content (AvgIpc) is 2.19. The van der Waals surface area contributed by atoms with Crippen LogP contribution < -0.4 is 4.90 Å². The van der Waals surface area contributed by atoms with Crippen molar-refractivity contribution in [1.29, 1.82) is 0 Å². The molecule has 4 heteroatoms. The molecule has 76 valence electrons. The molecule has 0 atom stereocenters. The Morgan fingerprint density at radius 1 is 1.36 bits per heavy atom. The molecule has 0 radical (unpaired) electrons. The van der Waals surface area contributed by atoms with Crippen molar-refractivity contribution in [2.45, 2.75) is 18.9 Å².